The molecule has 2 rings (SSSR count). The van der Waals surface area contributed by atoms with Crippen LogP contribution in [-0.4, -0.2) is 32.0 Å². The molecule has 1 heterocycles. The molecule has 21 heavy (non-hydrogen) atoms. The fraction of sp³-hybridized carbons (Fsp3) is 0.400. The number of phenols is 1. The summed E-state index contributed by atoms with van der Waals surface area (Å²) in [7, 11) is 0. The monoisotopic (exact) mass is 288 g/mol. The lowest BCUT2D eigenvalue weighted by atomic mass is 10.1. The first-order valence-corrected chi connectivity index (χ1v) is 7.05. The number of amides is 1. The number of hydrogen-bond acceptors (Lipinski definition) is 4. The highest BCUT2D eigenvalue weighted by atomic mass is 16.3. The van der Waals surface area contributed by atoms with E-state index in [9.17, 15) is 9.90 Å². The Morgan fingerprint density at radius 3 is 2.81 bits per heavy atom. The maximum atomic E-state index is 11.8. The summed E-state index contributed by atoms with van der Waals surface area (Å²) in [5.74, 6) is 0.289. The second kappa shape index (κ2) is 7.42. The third-order valence-electron chi connectivity index (χ3n) is 3.25. The fourth-order valence-electron chi connectivity index (χ4n) is 2.03. The summed E-state index contributed by atoms with van der Waals surface area (Å²) >= 11 is 0. The molecule has 2 N–H and O–H groups in total. The minimum Gasteiger partial charge on any atom is -0.508 e. The predicted molar refractivity (Wildman–Crippen MR) is 78.7 cm³/mol. The largest absolute Gasteiger partial charge is 0.508 e. The average Bonchev–Trinajstić information content (AvgIpc) is 2.98. The summed E-state index contributed by atoms with van der Waals surface area (Å²) in [6.07, 6.45) is 5.46. The molecule has 0 spiro atoms. The molecule has 0 aliphatic rings. The molecule has 0 saturated carbocycles. The number of aromatic hydroxyl groups is 1. The molecule has 0 radical (unpaired) electrons. The van der Waals surface area contributed by atoms with Crippen LogP contribution in [-0.2, 0) is 17.8 Å². The molecule has 0 unspecified atom stereocenters. The van der Waals surface area contributed by atoms with Gasteiger partial charge in [0.05, 0.1) is 12.7 Å². The molecule has 0 fully saturated rings. The molecule has 112 valence electrons. The van der Waals surface area contributed by atoms with E-state index in [4.69, 9.17) is 0 Å². The van der Waals surface area contributed by atoms with Gasteiger partial charge < -0.3 is 10.4 Å². The van der Waals surface area contributed by atoms with E-state index in [0.717, 1.165) is 18.4 Å². The number of carbonyl (C=O) groups is 1. The first-order valence-electron chi connectivity index (χ1n) is 7.05. The van der Waals surface area contributed by atoms with Crippen LogP contribution < -0.4 is 5.32 Å². The van der Waals surface area contributed by atoms with Crippen LogP contribution in [0.15, 0.2) is 36.7 Å². The van der Waals surface area contributed by atoms with E-state index in [-0.39, 0.29) is 17.7 Å². The van der Waals surface area contributed by atoms with Gasteiger partial charge in [-0.1, -0.05) is 17.3 Å². The lowest BCUT2D eigenvalue weighted by Gasteiger charge is -2.14. The molecule has 2 aromatic rings. The Labute approximate surface area is 123 Å². The molecule has 1 amide bonds. The van der Waals surface area contributed by atoms with Crippen LogP contribution in [0.25, 0.3) is 0 Å². The zero-order valence-corrected chi connectivity index (χ0v) is 12.1. The normalized spacial score (nSPS) is 12.0. The van der Waals surface area contributed by atoms with E-state index in [0.29, 0.717) is 13.0 Å². The number of nitrogens with one attached hydrogen (secondary N) is 1. The summed E-state index contributed by atoms with van der Waals surface area (Å²) in [6, 6.07) is 7.26. The van der Waals surface area contributed by atoms with E-state index >= 15 is 0 Å². The second-order valence-electron chi connectivity index (χ2n) is 5.09. The number of hydrogen-bond donors (Lipinski definition) is 2. The van der Waals surface area contributed by atoms with Crippen molar-refractivity contribution in [2.75, 3.05) is 0 Å². The molecule has 6 nitrogen and oxygen atoms in total. The summed E-state index contributed by atoms with van der Waals surface area (Å²) in [6.45, 7) is 2.53. The predicted octanol–water partition coefficient (Wildman–Crippen LogP) is 1.51. The number of benzene rings is 1. The van der Waals surface area contributed by atoms with Crippen LogP contribution in [0, 0.1) is 0 Å². The van der Waals surface area contributed by atoms with Gasteiger partial charge >= 0.3 is 0 Å². The van der Waals surface area contributed by atoms with Crippen molar-refractivity contribution in [3.63, 3.8) is 0 Å². The molecule has 0 bridgehead atoms. The Hall–Kier alpha value is -2.37. The SMILES string of the molecule is C[C@@H](CCc1ccc(O)cc1)NC(=O)CCn1ccnn1. The van der Waals surface area contributed by atoms with E-state index < -0.39 is 0 Å². The Morgan fingerprint density at radius 2 is 2.14 bits per heavy atom. The number of carbonyl (C=O) groups excluding carboxylic acids is 1. The summed E-state index contributed by atoms with van der Waals surface area (Å²) in [5, 5.41) is 19.7. The fourth-order valence-corrected chi connectivity index (χ4v) is 2.03. The lowest BCUT2D eigenvalue weighted by Crippen LogP contribution is -2.33. The van der Waals surface area contributed by atoms with Gasteiger partial charge in [-0.3, -0.25) is 9.48 Å². The van der Waals surface area contributed by atoms with Crippen LogP contribution in [0.5, 0.6) is 5.75 Å². The molecule has 0 aliphatic carbocycles. The summed E-state index contributed by atoms with van der Waals surface area (Å²) < 4.78 is 1.64. The quantitative estimate of drug-likeness (QED) is 0.809. The maximum absolute atomic E-state index is 11.8. The zero-order chi connectivity index (χ0) is 15.1. The Bertz CT molecular complexity index is 552. The standard InChI is InChI=1S/C15H20N4O2/c1-12(2-3-13-4-6-14(20)7-5-13)17-15(21)8-10-19-11-9-16-18-19/h4-7,9,11-12,20H,2-3,8,10H2,1H3,(H,17,21)/t12-/m0/s1. The van der Waals surface area contributed by atoms with E-state index in [2.05, 4.69) is 15.6 Å². The molecule has 1 aromatic heterocycles. The van der Waals surface area contributed by atoms with Crippen molar-refractivity contribution in [3.8, 4) is 5.75 Å². The molecular formula is C15H20N4O2. The number of nitrogens with zero attached hydrogens (tertiary/aromatic N) is 3. The molecule has 0 saturated heterocycles. The van der Waals surface area contributed by atoms with Crippen molar-refractivity contribution in [3.05, 3.63) is 42.2 Å². The maximum Gasteiger partial charge on any atom is 0.222 e. The number of aryl methyl sites for hydroxylation is 2. The van der Waals surface area contributed by atoms with Gasteiger partial charge in [-0.15, -0.1) is 5.10 Å². The van der Waals surface area contributed by atoms with Crippen molar-refractivity contribution in [1.29, 1.82) is 0 Å². The van der Waals surface area contributed by atoms with Gasteiger partial charge in [0.25, 0.3) is 0 Å². The van der Waals surface area contributed by atoms with Gasteiger partial charge in [0.2, 0.25) is 5.91 Å². The summed E-state index contributed by atoms with van der Waals surface area (Å²) in [4.78, 5) is 11.8. The van der Waals surface area contributed by atoms with Gasteiger partial charge in [0, 0.05) is 18.7 Å². The van der Waals surface area contributed by atoms with Gasteiger partial charge in [0.15, 0.2) is 0 Å². The van der Waals surface area contributed by atoms with E-state index in [1.807, 2.05) is 19.1 Å². The van der Waals surface area contributed by atoms with Crippen molar-refractivity contribution >= 4 is 5.91 Å². The highest BCUT2D eigenvalue weighted by Gasteiger charge is 2.08. The van der Waals surface area contributed by atoms with E-state index in [1.54, 1.807) is 29.2 Å². The van der Waals surface area contributed by atoms with Crippen LogP contribution in [0.2, 0.25) is 0 Å². The van der Waals surface area contributed by atoms with Crippen LogP contribution in [0.1, 0.15) is 25.3 Å². The van der Waals surface area contributed by atoms with Crippen LogP contribution >= 0.6 is 0 Å². The molecule has 1 aromatic carbocycles. The third-order valence-corrected chi connectivity index (χ3v) is 3.25. The van der Waals surface area contributed by atoms with Crippen molar-refractivity contribution in [2.24, 2.45) is 0 Å². The topological polar surface area (TPSA) is 80.0 Å². The number of phenolic OH excluding ortho intramolecular Hbond substituents is 1. The second-order valence-corrected chi connectivity index (χ2v) is 5.09. The van der Waals surface area contributed by atoms with Crippen LogP contribution in [0.4, 0.5) is 0 Å². The van der Waals surface area contributed by atoms with Crippen molar-refractivity contribution < 1.29 is 9.90 Å². The van der Waals surface area contributed by atoms with Gasteiger partial charge in [-0.2, -0.15) is 0 Å². The average molecular weight is 288 g/mol. The van der Waals surface area contributed by atoms with Gasteiger partial charge in [0.1, 0.15) is 5.75 Å². The summed E-state index contributed by atoms with van der Waals surface area (Å²) in [5.41, 5.74) is 1.15. The first-order chi connectivity index (χ1) is 10.1. The van der Waals surface area contributed by atoms with Gasteiger partial charge in [-0.05, 0) is 37.5 Å². The molecule has 1 atom stereocenters. The minimum atomic E-state index is 0.0173. The van der Waals surface area contributed by atoms with Gasteiger partial charge in [-0.25, -0.2) is 0 Å². The van der Waals surface area contributed by atoms with E-state index in [1.165, 1.54) is 0 Å². The lowest BCUT2D eigenvalue weighted by molar-refractivity contribution is -0.122. The smallest absolute Gasteiger partial charge is 0.222 e. The Kier molecular flexibility index (Phi) is 5.31. The number of aromatic nitrogens is 3. The highest BCUT2D eigenvalue weighted by Crippen LogP contribution is 2.11. The molecule has 0 aliphatic heterocycles. The molecule has 6 heteroatoms. The third kappa shape index (κ3) is 5.25. The van der Waals surface area contributed by atoms with Crippen molar-refractivity contribution in [1.82, 2.24) is 20.3 Å². The first kappa shape index (κ1) is 15.0. The number of rotatable bonds is 7. The minimum absolute atomic E-state index is 0.0173. The Morgan fingerprint density at radius 1 is 1.38 bits per heavy atom. The Balaban J connectivity index is 1.67. The van der Waals surface area contributed by atoms with Crippen molar-refractivity contribution in [2.45, 2.75) is 38.8 Å². The highest BCUT2D eigenvalue weighted by molar-refractivity contribution is 5.76. The zero-order valence-electron chi connectivity index (χ0n) is 12.1. The molecular weight excluding hydrogens is 268 g/mol. The van der Waals surface area contributed by atoms with Crippen LogP contribution in [0.3, 0.4) is 0 Å².